The van der Waals surface area contributed by atoms with Crippen molar-refractivity contribution in [1.29, 1.82) is 0 Å². The summed E-state index contributed by atoms with van der Waals surface area (Å²) in [6.07, 6.45) is -5.54. The van der Waals surface area contributed by atoms with E-state index in [0.29, 0.717) is 5.02 Å². The van der Waals surface area contributed by atoms with Crippen molar-refractivity contribution < 1.29 is 23.1 Å². The average molecular weight is 321 g/mol. The van der Waals surface area contributed by atoms with Gasteiger partial charge in [0.2, 0.25) is 0 Å². The Morgan fingerprint density at radius 1 is 1.43 bits per heavy atom. The van der Waals surface area contributed by atoms with E-state index in [1.807, 2.05) is 0 Å². The molecule has 1 aromatic carbocycles. The van der Waals surface area contributed by atoms with E-state index < -0.39 is 24.2 Å². The Kier molecular flexibility index (Phi) is 3.99. The summed E-state index contributed by atoms with van der Waals surface area (Å²) in [5, 5.41) is 14.0. The number of hydrogen-bond donors (Lipinski definition) is 1. The van der Waals surface area contributed by atoms with Gasteiger partial charge in [0.15, 0.2) is 0 Å². The van der Waals surface area contributed by atoms with Crippen LogP contribution in [0.1, 0.15) is 30.1 Å². The molecule has 0 aromatic heterocycles. The lowest BCUT2D eigenvalue weighted by atomic mass is 10.0. The van der Waals surface area contributed by atoms with Crippen molar-refractivity contribution in [1.82, 2.24) is 5.01 Å². The first-order chi connectivity index (χ1) is 9.69. The summed E-state index contributed by atoms with van der Waals surface area (Å²) >= 11 is 5.67. The molecule has 21 heavy (non-hydrogen) atoms. The van der Waals surface area contributed by atoms with Crippen LogP contribution >= 0.6 is 11.6 Å². The van der Waals surface area contributed by atoms with E-state index in [0.717, 1.165) is 0 Å². The Morgan fingerprint density at radius 3 is 2.48 bits per heavy atom. The zero-order chi connectivity index (χ0) is 15.8. The number of aliphatic hydroxyl groups is 1. The third-order valence-electron chi connectivity index (χ3n) is 3.19. The number of carbonyl (C=O) groups is 1. The van der Waals surface area contributed by atoms with E-state index in [-0.39, 0.29) is 22.7 Å². The van der Waals surface area contributed by atoms with Crippen LogP contribution in [0, 0.1) is 0 Å². The molecule has 0 spiro atoms. The quantitative estimate of drug-likeness (QED) is 0.909. The number of alkyl halides is 3. The van der Waals surface area contributed by atoms with Gasteiger partial charge in [0.25, 0.3) is 11.6 Å². The molecule has 2 rings (SSSR count). The Balaban J connectivity index is 2.40. The van der Waals surface area contributed by atoms with Crippen LogP contribution in [-0.2, 0) is 0 Å². The molecule has 1 heterocycles. The fourth-order valence-corrected chi connectivity index (χ4v) is 2.09. The van der Waals surface area contributed by atoms with Crippen LogP contribution in [0.4, 0.5) is 13.2 Å². The molecule has 1 aliphatic rings. The lowest BCUT2D eigenvalue weighted by molar-refractivity contribution is -0.297. The molecule has 1 atom stereocenters. The fraction of sp³-hybridized carbons (Fsp3) is 0.385. The number of nitrogens with zero attached hydrogens (tertiary/aromatic N) is 2. The maximum absolute atomic E-state index is 13.1. The second kappa shape index (κ2) is 5.31. The second-order valence-electron chi connectivity index (χ2n) is 4.63. The maximum Gasteiger partial charge on any atom is 0.438 e. The van der Waals surface area contributed by atoms with Crippen molar-refractivity contribution in [2.24, 2.45) is 5.10 Å². The molecule has 1 amide bonds. The fourth-order valence-electron chi connectivity index (χ4n) is 1.96. The van der Waals surface area contributed by atoms with E-state index in [1.165, 1.54) is 24.3 Å². The molecule has 114 valence electrons. The Bertz CT molecular complexity index is 586. The summed E-state index contributed by atoms with van der Waals surface area (Å²) < 4.78 is 39.3. The molecular weight excluding hydrogens is 309 g/mol. The van der Waals surface area contributed by atoms with Crippen molar-refractivity contribution >= 4 is 23.2 Å². The molecule has 0 saturated heterocycles. The first-order valence-electron chi connectivity index (χ1n) is 6.14. The molecule has 0 aliphatic carbocycles. The number of halogens is 4. The van der Waals surface area contributed by atoms with Gasteiger partial charge in [-0.2, -0.15) is 23.3 Å². The van der Waals surface area contributed by atoms with Gasteiger partial charge in [-0.15, -0.1) is 0 Å². The molecule has 0 unspecified atom stereocenters. The number of benzene rings is 1. The molecule has 1 aromatic rings. The van der Waals surface area contributed by atoms with Gasteiger partial charge >= 0.3 is 6.18 Å². The molecule has 0 radical (unpaired) electrons. The molecular formula is C13H12ClF3N2O2. The van der Waals surface area contributed by atoms with Crippen LogP contribution in [-0.4, -0.2) is 33.6 Å². The van der Waals surface area contributed by atoms with Gasteiger partial charge in [-0.05, 0) is 30.7 Å². The van der Waals surface area contributed by atoms with Crippen LogP contribution in [0.3, 0.4) is 0 Å². The van der Waals surface area contributed by atoms with Gasteiger partial charge in [-0.1, -0.05) is 18.5 Å². The lowest BCUT2D eigenvalue weighted by Gasteiger charge is -2.32. The van der Waals surface area contributed by atoms with Crippen LogP contribution in [0.2, 0.25) is 5.02 Å². The number of rotatable bonds is 2. The van der Waals surface area contributed by atoms with E-state index in [9.17, 15) is 23.1 Å². The zero-order valence-corrected chi connectivity index (χ0v) is 11.7. The van der Waals surface area contributed by atoms with Crippen LogP contribution < -0.4 is 0 Å². The minimum atomic E-state index is -5.00. The minimum absolute atomic E-state index is 0.0387. The third-order valence-corrected chi connectivity index (χ3v) is 3.44. The number of carbonyl (C=O) groups excluding carboxylic acids is 1. The first kappa shape index (κ1) is 15.8. The topological polar surface area (TPSA) is 52.9 Å². The van der Waals surface area contributed by atoms with Gasteiger partial charge in [-0.3, -0.25) is 4.79 Å². The summed E-state index contributed by atoms with van der Waals surface area (Å²) in [7, 11) is 0. The van der Waals surface area contributed by atoms with E-state index in [1.54, 1.807) is 6.92 Å². The largest absolute Gasteiger partial charge is 0.438 e. The molecule has 8 heteroatoms. The highest BCUT2D eigenvalue weighted by Gasteiger charge is 2.63. The summed E-state index contributed by atoms with van der Waals surface area (Å²) in [4.78, 5) is 12.2. The van der Waals surface area contributed by atoms with Crippen molar-refractivity contribution in [2.45, 2.75) is 31.7 Å². The van der Waals surface area contributed by atoms with Crippen molar-refractivity contribution in [3.05, 3.63) is 34.9 Å². The lowest BCUT2D eigenvalue weighted by Crippen LogP contribution is -2.56. The van der Waals surface area contributed by atoms with Gasteiger partial charge in [0, 0.05) is 22.7 Å². The van der Waals surface area contributed by atoms with Gasteiger partial charge in [0.05, 0.1) is 0 Å². The SMILES string of the molecule is CCC1=NN(C(=O)c2ccc(Cl)cc2)[C@](O)(C(F)(F)F)C1. The summed E-state index contributed by atoms with van der Waals surface area (Å²) in [5.74, 6) is -1.03. The van der Waals surface area contributed by atoms with Crippen molar-refractivity contribution in [3.63, 3.8) is 0 Å². The first-order valence-corrected chi connectivity index (χ1v) is 6.52. The van der Waals surface area contributed by atoms with Gasteiger partial charge in [-0.25, -0.2) is 0 Å². The highest BCUT2D eigenvalue weighted by Crippen LogP contribution is 2.41. The molecule has 0 bridgehead atoms. The summed E-state index contributed by atoms with van der Waals surface area (Å²) in [6, 6.07) is 5.31. The highest BCUT2D eigenvalue weighted by atomic mass is 35.5. The second-order valence-corrected chi connectivity index (χ2v) is 5.07. The van der Waals surface area contributed by atoms with E-state index >= 15 is 0 Å². The van der Waals surface area contributed by atoms with Gasteiger partial charge < -0.3 is 5.11 Å². The van der Waals surface area contributed by atoms with Crippen LogP contribution in [0.25, 0.3) is 0 Å². The maximum atomic E-state index is 13.1. The van der Waals surface area contributed by atoms with E-state index in [4.69, 9.17) is 11.6 Å². The van der Waals surface area contributed by atoms with Crippen molar-refractivity contribution in [3.8, 4) is 0 Å². The van der Waals surface area contributed by atoms with Crippen LogP contribution in [0.15, 0.2) is 29.4 Å². The molecule has 0 saturated carbocycles. The Labute approximate surface area is 123 Å². The predicted molar refractivity (Wildman–Crippen MR) is 71.0 cm³/mol. The molecule has 4 nitrogen and oxygen atoms in total. The summed E-state index contributed by atoms with van der Waals surface area (Å²) in [6.45, 7) is 1.60. The van der Waals surface area contributed by atoms with Crippen molar-refractivity contribution in [2.75, 3.05) is 0 Å². The minimum Gasteiger partial charge on any atom is -0.362 e. The van der Waals surface area contributed by atoms with Crippen LogP contribution in [0.5, 0.6) is 0 Å². The monoisotopic (exact) mass is 320 g/mol. The molecule has 1 N–H and O–H groups in total. The standard InChI is InChI=1S/C13H12ClF3N2O2/c1-2-10-7-12(21,13(15,16)17)19(18-10)11(20)8-3-5-9(14)6-4-8/h3-6,21H,2,7H2,1H3/t12-/m1/s1. The third kappa shape index (κ3) is 2.75. The number of hydrogen-bond acceptors (Lipinski definition) is 3. The molecule has 0 fully saturated rings. The van der Waals surface area contributed by atoms with E-state index in [2.05, 4.69) is 5.10 Å². The number of hydrazone groups is 1. The van der Waals surface area contributed by atoms with Gasteiger partial charge in [0.1, 0.15) is 0 Å². The number of amides is 1. The molecule has 1 aliphatic heterocycles. The Morgan fingerprint density at radius 2 is 2.00 bits per heavy atom. The Hall–Kier alpha value is -1.60. The smallest absolute Gasteiger partial charge is 0.362 e. The highest BCUT2D eigenvalue weighted by molar-refractivity contribution is 6.30. The predicted octanol–water partition coefficient (Wildman–Crippen LogP) is 3.20. The summed E-state index contributed by atoms with van der Waals surface area (Å²) in [5.41, 5.74) is -3.24. The zero-order valence-electron chi connectivity index (χ0n) is 11.0. The average Bonchev–Trinajstić information content (AvgIpc) is 2.77. The normalized spacial score (nSPS) is 22.4.